The van der Waals surface area contributed by atoms with Crippen molar-refractivity contribution in [1.82, 2.24) is 4.90 Å². The first-order valence-electron chi connectivity index (χ1n) is 7.04. The standard InChI is InChI=1S/C15H17F3N2O2S/c1-9-11(15(16,17)18)4-3-5-12(9)19-13(21)14(22)20(2)10-6-7-23-8-10/h3-5,10H,6-8H2,1-2H3,(H,19,21)/t10-/m1/s1. The lowest BCUT2D eigenvalue weighted by atomic mass is 10.1. The van der Waals surface area contributed by atoms with Gasteiger partial charge in [-0.1, -0.05) is 6.07 Å². The van der Waals surface area contributed by atoms with Gasteiger partial charge in [0.05, 0.1) is 5.56 Å². The van der Waals surface area contributed by atoms with Crippen LogP contribution >= 0.6 is 11.8 Å². The summed E-state index contributed by atoms with van der Waals surface area (Å²) in [4.78, 5) is 25.5. The molecule has 2 amide bonds. The Balaban J connectivity index is 2.12. The lowest BCUT2D eigenvalue weighted by Gasteiger charge is -2.23. The lowest BCUT2D eigenvalue weighted by molar-refractivity contribution is -0.143. The molecule has 1 fully saturated rings. The van der Waals surface area contributed by atoms with E-state index in [0.717, 1.165) is 24.0 Å². The lowest BCUT2D eigenvalue weighted by Crippen LogP contribution is -2.43. The van der Waals surface area contributed by atoms with E-state index >= 15 is 0 Å². The van der Waals surface area contributed by atoms with E-state index in [1.54, 1.807) is 11.8 Å². The van der Waals surface area contributed by atoms with Gasteiger partial charge in [-0.25, -0.2) is 0 Å². The molecule has 2 rings (SSSR count). The van der Waals surface area contributed by atoms with Gasteiger partial charge in [-0.2, -0.15) is 24.9 Å². The van der Waals surface area contributed by atoms with Gasteiger partial charge < -0.3 is 10.2 Å². The van der Waals surface area contributed by atoms with Crippen LogP contribution in [0.25, 0.3) is 0 Å². The number of amides is 2. The highest BCUT2D eigenvalue weighted by molar-refractivity contribution is 7.99. The van der Waals surface area contributed by atoms with E-state index in [4.69, 9.17) is 0 Å². The Morgan fingerprint density at radius 3 is 2.61 bits per heavy atom. The van der Waals surface area contributed by atoms with E-state index in [1.165, 1.54) is 31.0 Å². The number of anilines is 1. The molecule has 1 aliphatic heterocycles. The fourth-order valence-corrected chi connectivity index (χ4v) is 3.68. The Morgan fingerprint density at radius 1 is 1.35 bits per heavy atom. The molecular weight excluding hydrogens is 329 g/mol. The molecule has 0 aliphatic carbocycles. The van der Waals surface area contributed by atoms with Crippen LogP contribution in [-0.4, -0.2) is 41.3 Å². The van der Waals surface area contributed by atoms with Crippen molar-refractivity contribution >= 4 is 29.3 Å². The molecule has 0 bridgehead atoms. The van der Waals surface area contributed by atoms with Gasteiger partial charge in [-0.05, 0) is 36.8 Å². The molecule has 8 heteroatoms. The summed E-state index contributed by atoms with van der Waals surface area (Å²) in [5, 5.41) is 2.29. The molecule has 0 unspecified atom stereocenters. The van der Waals surface area contributed by atoms with Crippen LogP contribution < -0.4 is 5.32 Å². The summed E-state index contributed by atoms with van der Waals surface area (Å²) >= 11 is 1.70. The number of carbonyl (C=O) groups excluding carboxylic acids is 2. The van der Waals surface area contributed by atoms with E-state index in [0.29, 0.717) is 0 Å². The molecule has 0 radical (unpaired) electrons. The fraction of sp³-hybridized carbons (Fsp3) is 0.467. The SMILES string of the molecule is Cc1c(NC(=O)C(=O)N(C)[C@@H]2CCSC2)cccc1C(F)(F)F. The van der Waals surface area contributed by atoms with Crippen molar-refractivity contribution in [1.29, 1.82) is 0 Å². The molecule has 126 valence electrons. The maximum atomic E-state index is 12.9. The molecule has 1 aromatic carbocycles. The number of thioether (sulfide) groups is 1. The molecule has 0 saturated carbocycles. The van der Waals surface area contributed by atoms with E-state index in [1.807, 2.05) is 0 Å². The molecule has 1 heterocycles. The second kappa shape index (κ2) is 6.82. The normalized spacial score (nSPS) is 17.9. The van der Waals surface area contributed by atoms with Crippen molar-refractivity contribution in [3.8, 4) is 0 Å². The molecule has 1 saturated heterocycles. The van der Waals surface area contributed by atoms with Crippen molar-refractivity contribution in [2.45, 2.75) is 25.6 Å². The zero-order valence-corrected chi connectivity index (χ0v) is 13.6. The van der Waals surface area contributed by atoms with Crippen LogP contribution in [0.15, 0.2) is 18.2 Å². The predicted molar refractivity (Wildman–Crippen MR) is 83.3 cm³/mol. The van der Waals surface area contributed by atoms with Crippen LogP contribution in [0.3, 0.4) is 0 Å². The van der Waals surface area contributed by atoms with Gasteiger partial charge in [-0.3, -0.25) is 9.59 Å². The number of nitrogens with one attached hydrogen (secondary N) is 1. The van der Waals surface area contributed by atoms with Crippen LogP contribution in [0.5, 0.6) is 0 Å². The molecule has 1 atom stereocenters. The van der Waals surface area contributed by atoms with Crippen LogP contribution in [0.1, 0.15) is 17.5 Å². The summed E-state index contributed by atoms with van der Waals surface area (Å²) in [7, 11) is 1.54. The third kappa shape index (κ3) is 3.99. The summed E-state index contributed by atoms with van der Waals surface area (Å²) in [5.41, 5.74) is -0.948. The van der Waals surface area contributed by atoms with Crippen molar-refractivity contribution in [2.75, 3.05) is 23.9 Å². The number of carbonyl (C=O) groups is 2. The first kappa shape index (κ1) is 17.7. The number of likely N-dealkylation sites (N-methyl/N-ethyl adjacent to an activating group) is 1. The van der Waals surface area contributed by atoms with Crippen molar-refractivity contribution in [3.63, 3.8) is 0 Å². The highest BCUT2D eigenvalue weighted by Crippen LogP contribution is 2.34. The molecule has 1 aromatic rings. The Labute approximate surface area is 136 Å². The van der Waals surface area contributed by atoms with E-state index in [9.17, 15) is 22.8 Å². The smallest absolute Gasteiger partial charge is 0.334 e. The van der Waals surface area contributed by atoms with Crippen LogP contribution in [-0.2, 0) is 15.8 Å². The zero-order chi connectivity index (χ0) is 17.2. The van der Waals surface area contributed by atoms with Gasteiger partial charge in [0.15, 0.2) is 0 Å². The summed E-state index contributed by atoms with van der Waals surface area (Å²) in [6.45, 7) is 1.26. The highest BCUT2D eigenvalue weighted by atomic mass is 32.2. The van der Waals surface area contributed by atoms with E-state index in [-0.39, 0.29) is 17.3 Å². The molecule has 4 nitrogen and oxygen atoms in total. The number of halogens is 3. The van der Waals surface area contributed by atoms with Crippen LogP contribution in [0.4, 0.5) is 18.9 Å². The van der Waals surface area contributed by atoms with Crippen molar-refractivity contribution < 1.29 is 22.8 Å². The summed E-state index contributed by atoms with van der Waals surface area (Å²) < 4.78 is 38.6. The minimum absolute atomic E-state index is 0.00706. The molecular formula is C15H17F3N2O2S. The van der Waals surface area contributed by atoms with Crippen molar-refractivity contribution in [3.05, 3.63) is 29.3 Å². The molecule has 0 spiro atoms. The average Bonchev–Trinajstić information content (AvgIpc) is 3.00. The third-order valence-corrected chi connectivity index (χ3v) is 5.00. The first-order valence-corrected chi connectivity index (χ1v) is 8.20. The van der Waals surface area contributed by atoms with Crippen LogP contribution in [0, 0.1) is 6.92 Å². The molecule has 1 aliphatic rings. The second-order valence-corrected chi connectivity index (χ2v) is 6.51. The van der Waals surface area contributed by atoms with Gasteiger partial charge in [0.25, 0.3) is 0 Å². The van der Waals surface area contributed by atoms with Gasteiger partial charge in [0.1, 0.15) is 0 Å². The first-order chi connectivity index (χ1) is 10.7. The van der Waals surface area contributed by atoms with Gasteiger partial charge in [0.2, 0.25) is 0 Å². The highest BCUT2D eigenvalue weighted by Gasteiger charge is 2.33. The number of hydrogen-bond donors (Lipinski definition) is 1. The largest absolute Gasteiger partial charge is 0.416 e. The monoisotopic (exact) mass is 346 g/mol. The third-order valence-electron chi connectivity index (χ3n) is 3.86. The summed E-state index contributed by atoms with van der Waals surface area (Å²) in [5.74, 6) is 0.0236. The summed E-state index contributed by atoms with van der Waals surface area (Å²) in [6.07, 6.45) is -3.70. The summed E-state index contributed by atoms with van der Waals surface area (Å²) in [6, 6.07) is 3.48. The van der Waals surface area contributed by atoms with Gasteiger partial charge in [-0.15, -0.1) is 0 Å². The predicted octanol–water partition coefficient (Wildman–Crippen LogP) is 2.92. The Morgan fingerprint density at radius 2 is 2.04 bits per heavy atom. The zero-order valence-electron chi connectivity index (χ0n) is 12.7. The van der Waals surface area contributed by atoms with Gasteiger partial charge in [0, 0.05) is 24.5 Å². The quantitative estimate of drug-likeness (QED) is 0.838. The Kier molecular flexibility index (Phi) is 5.23. The number of benzene rings is 1. The van der Waals surface area contributed by atoms with Gasteiger partial charge >= 0.3 is 18.0 Å². The average molecular weight is 346 g/mol. The fourth-order valence-electron chi connectivity index (χ4n) is 2.41. The Bertz CT molecular complexity index is 613. The molecule has 1 N–H and O–H groups in total. The maximum absolute atomic E-state index is 12.9. The van der Waals surface area contributed by atoms with E-state index in [2.05, 4.69) is 5.32 Å². The second-order valence-electron chi connectivity index (χ2n) is 5.36. The minimum Gasteiger partial charge on any atom is -0.334 e. The maximum Gasteiger partial charge on any atom is 0.416 e. The molecule has 23 heavy (non-hydrogen) atoms. The Hall–Kier alpha value is -1.70. The van der Waals surface area contributed by atoms with E-state index < -0.39 is 23.6 Å². The topological polar surface area (TPSA) is 49.4 Å². The minimum atomic E-state index is -4.51. The van der Waals surface area contributed by atoms with Crippen molar-refractivity contribution in [2.24, 2.45) is 0 Å². The number of alkyl halides is 3. The number of rotatable bonds is 2. The number of hydrogen-bond acceptors (Lipinski definition) is 3. The van der Waals surface area contributed by atoms with Crippen LogP contribution in [0.2, 0.25) is 0 Å². The number of nitrogens with zero attached hydrogens (tertiary/aromatic N) is 1. The molecule has 0 aromatic heterocycles.